The molecule has 154 valence electrons. The smallest absolute Gasteiger partial charge is 0.351 e. The van der Waals surface area contributed by atoms with E-state index in [1.807, 2.05) is 0 Å². The number of carbonyl (C=O) groups is 1. The lowest BCUT2D eigenvalue weighted by Gasteiger charge is -2.30. The molecule has 1 aliphatic heterocycles. The summed E-state index contributed by atoms with van der Waals surface area (Å²) in [4.78, 5) is 27.5. The molecule has 2 radical (unpaired) electrons. The Morgan fingerprint density at radius 2 is 2.21 bits per heavy atom. The molecule has 0 aromatic carbocycles. The number of rotatable bonds is 9. The van der Waals surface area contributed by atoms with Crippen molar-refractivity contribution in [3.8, 4) is 0 Å². The summed E-state index contributed by atoms with van der Waals surface area (Å²) in [6.45, 7) is 0.0585. The number of ether oxygens (including phenoxy) is 2. The van der Waals surface area contributed by atoms with Crippen molar-refractivity contribution in [1.82, 2.24) is 9.55 Å². The maximum absolute atomic E-state index is 12.1. The van der Waals surface area contributed by atoms with Crippen molar-refractivity contribution < 1.29 is 29.7 Å². The molecular weight excluding hydrogens is 373 g/mol. The van der Waals surface area contributed by atoms with Crippen molar-refractivity contribution in [3.63, 3.8) is 0 Å². The average Bonchev–Trinajstić information content (AvgIpc) is 2.90. The highest BCUT2D eigenvalue weighted by Crippen LogP contribution is 2.32. The van der Waals surface area contributed by atoms with E-state index >= 15 is 0 Å². The van der Waals surface area contributed by atoms with Crippen molar-refractivity contribution in [2.75, 3.05) is 18.6 Å². The number of aliphatic hydroxyl groups is 2. The standard InChI is InChI=1S/C15H24BN5O7/c16-15(21-6-4-10(20-26)19-14(21)25)12(23)11(22)9(28-15)7-27-13(24)8(18)3-1-2-5-17/h4,6,8-9,11-12,22-23,26H,1-3,5,7,17-18H2,(H,19,20,25)/t8-,9-,11-,12-,15+/m1/s1. The van der Waals surface area contributed by atoms with E-state index < -0.39 is 48.2 Å². The first-order valence-electron chi connectivity index (χ1n) is 8.70. The number of esters is 1. The zero-order chi connectivity index (χ0) is 20.9. The number of aliphatic hydroxyl groups excluding tert-OH is 2. The van der Waals surface area contributed by atoms with Gasteiger partial charge in [-0.25, -0.2) is 4.79 Å². The van der Waals surface area contributed by atoms with Crippen LogP contribution in [0.5, 0.6) is 0 Å². The molecule has 0 unspecified atom stereocenters. The number of carbonyl (C=O) groups excluding carboxylic acids is 1. The number of nitrogens with one attached hydrogen (secondary N) is 1. The van der Waals surface area contributed by atoms with Crippen LogP contribution in [0.3, 0.4) is 0 Å². The van der Waals surface area contributed by atoms with E-state index in [4.69, 9.17) is 34.0 Å². The highest BCUT2D eigenvalue weighted by atomic mass is 16.6. The molecule has 1 saturated heterocycles. The molecule has 0 bridgehead atoms. The predicted octanol–water partition coefficient (Wildman–Crippen LogP) is -3.06. The van der Waals surface area contributed by atoms with Crippen LogP contribution in [0.2, 0.25) is 0 Å². The molecule has 0 aliphatic carbocycles. The Bertz CT molecular complexity index is 735. The van der Waals surface area contributed by atoms with E-state index in [1.165, 1.54) is 6.07 Å². The topological polar surface area (TPSA) is 195 Å². The summed E-state index contributed by atoms with van der Waals surface area (Å²) < 4.78 is 11.2. The van der Waals surface area contributed by atoms with Gasteiger partial charge in [0.05, 0.1) is 0 Å². The fourth-order valence-electron chi connectivity index (χ4n) is 2.79. The van der Waals surface area contributed by atoms with Crippen molar-refractivity contribution >= 4 is 19.6 Å². The summed E-state index contributed by atoms with van der Waals surface area (Å²) in [5.41, 5.74) is 9.69. The average molecular weight is 397 g/mol. The monoisotopic (exact) mass is 397 g/mol. The van der Waals surface area contributed by atoms with Gasteiger partial charge in [0.2, 0.25) is 0 Å². The van der Waals surface area contributed by atoms with E-state index in [2.05, 4.69) is 4.98 Å². The van der Waals surface area contributed by atoms with E-state index in [-0.39, 0.29) is 5.82 Å². The van der Waals surface area contributed by atoms with Crippen LogP contribution in [0, 0.1) is 0 Å². The number of anilines is 1. The van der Waals surface area contributed by atoms with Crippen molar-refractivity contribution in [3.05, 3.63) is 22.7 Å². The Balaban J connectivity index is 2.03. The van der Waals surface area contributed by atoms with Crippen molar-refractivity contribution in [2.24, 2.45) is 11.5 Å². The molecule has 12 nitrogen and oxygen atoms in total. The summed E-state index contributed by atoms with van der Waals surface area (Å²) in [6, 6.07) is 0.342. The van der Waals surface area contributed by atoms with Gasteiger partial charge < -0.3 is 31.2 Å². The van der Waals surface area contributed by atoms with Gasteiger partial charge in [0.15, 0.2) is 5.82 Å². The quantitative estimate of drug-likeness (QED) is 0.107. The third-order valence-electron chi connectivity index (χ3n) is 4.42. The van der Waals surface area contributed by atoms with Crippen molar-refractivity contribution in [2.45, 2.75) is 49.2 Å². The molecule has 1 fully saturated rings. The Morgan fingerprint density at radius 3 is 2.82 bits per heavy atom. The van der Waals surface area contributed by atoms with Gasteiger partial charge in [-0.05, 0) is 25.5 Å². The molecule has 5 atom stereocenters. The molecule has 0 spiro atoms. The molecular formula is C15H24BN5O7. The molecule has 2 heterocycles. The molecule has 1 aromatic heterocycles. The SMILES string of the molecule is [B][C@@]1(n2ccc(NO)nc2=O)O[C@H](COC(=O)[C@H](N)CCCCN)[C@@H](O)[C@H]1O. The molecule has 2 rings (SSSR count). The number of unbranched alkanes of at least 4 members (excludes halogenated alkanes) is 1. The van der Waals surface area contributed by atoms with Crippen LogP contribution in [-0.2, 0) is 19.9 Å². The highest BCUT2D eigenvalue weighted by Gasteiger charge is 2.52. The number of hydrogen-bond donors (Lipinski definition) is 6. The van der Waals surface area contributed by atoms with Crippen LogP contribution in [0.1, 0.15) is 19.3 Å². The van der Waals surface area contributed by atoms with Gasteiger partial charge >= 0.3 is 11.7 Å². The zero-order valence-corrected chi connectivity index (χ0v) is 15.1. The van der Waals surface area contributed by atoms with Crippen LogP contribution in [0.15, 0.2) is 17.1 Å². The zero-order valence-electron chi connectivity index (χ0n) is 15.1. The second kappa shape index (κ2) is 9.45. The summed E-state index contributed by atoms with van der Waals surface area (Å²) in [6.07, 6.45) is -1.58. The minimum Gasteiger partial charge on any atom is -0.462 e. The number of aromatic nitrogens is 2. The number of nitrogens with two attached hydrogens (primary N) is 2. The predicted molar refractivity (Wildman–Crippen MR) is 96.4 cm³/mol. The fraction of sp³-hybridized carbons (Fsp3) is 0.667. The molecule has 1 aromatic rings. The highest BCUT2D eigenvalue weighted by molar-refractivity contribution is 6.13. The third-order valence-corrected chi connectivity index (χ3v) is 4.42. The molecule has 0 amide bonds. The van der Waals surface area contributed by atoms with Gasteiger partial charge in [-0.2, -0.15) is 4.98 Å². The largest absolute Gasteiger partial charge is 0.462 e. The first-order valence-corrected chi connectivity index (χ1v) is 8.70. The van der Waals surface area contributed by atoms with Gasteiger partial charge in [0, 0.05) is 6.20 Å². The van der Waals surface area contributed by atoms with E-state index in [0.717, 1.165) is 17.2 Å². The van der Waals surface area contributed by atoms with E-state index in [9.17, 15) is 19.8 Å². The Kier molecular flexibility index (Phi) is 7.52. The molecule has 8 N–H and O–H groups in total. The number of nitrogens with zero attached hydrogens (tertiary/aromatic N) is 2. The second-order valence-electron chi connectivity index (χ2n) is 6.44. The van der Waals surface area contributed by atoms with Crippen molar-refractivity contribution in [1.29, 1.82) is 0 Å². The fourth-order valence-corrected chi connectivity index (χ4v) is 2.79. The van der Waals surface area contributed by atoms with E-state index in [1.54, 1.807) is 5.48 Å². The maximum Gasteiger partial charge on any atom is 0.351 e. The molecule has 13 heteroatoms. The van der Waals surface area contributed by atoms with Gasteiger partial charge in [-0.15, -0.1) is 0 Å². The lowest BCUT2D eigenvalue weighted by atomic mass is 9.84. The second-order valence-corrected chi connectivity index (χ2v) is 6.44. The lowest BCUT2D eigenvalue weighted by molar-refractivity contribution is -0.153. The minimum atomic E-state index is -2.15. The first-order chi connectivity index (χ1) is 13.2. The van der Waals surface area contributed by atoms with Gasteiger partial charge in [-0.1, -0.05) is 6.42 Å². The maximum atomic E-state index is 12.1. The first kappa shape index (κ1) is 22.3. The minimum absolute atomic E-state index is 0.146. The van der Waals surface area contributed by atoms with Crippen LogP contribution in [0.4, 0.5) is 5.82 Å². The number of hydrogen-bond acceptors (Lipinski definition) is 11. The van der Waals surface area contributed by atoms with E-state index in [0.29, 0.717) is 19.4 Å². The van der Waals surface area contributed by atoms with Crippen LogP contribution in [-0.4, -0.2) is 76.3 Å². The Labute approximate surface area is 161 Å². The summed E-state index contributed by atoms with van der Waals surface area (Å²) in [5.74, 6) is -0.846. The van der Waals surface area contributed by atoms with Crippen LogP contribution in [0.25, 0.3) is 0 Å². The van der Waals surface area contributed by atoms with Gasteiger partial charge in [-0.3, -0.25) is 20.0 Å². The summed E-state index contributed by atoms with van der Waals surface area (Å²) in [7, 11) is 5.98. The summed E-state index contributed by atoms with van der Waals surface area (Å²) >= 11 is 0. The third kappa shape index (κ3) is 4.68. The molecule has 28 heavy (non-hydrogen) atoms. The van der Waals surface area contributed by atoms with Crippen LogP contribution >= 0.6 is 0 Å². The molecule has 0 saturated carbocycles. The van der Waals surface area contributed by atoms with Gasteiger partial charge in [0.25, 0.3) is 0 Å². The summed E-state index contributed by atoms with van der Waals surface area (Å²) in [5, 5.41) is 29.2. The lowest BCUT2D eigenvalue weighted by Crippen LogP contribution is -2.51. The normalized spacial score (nSPS) is 28.1. The van der Waals surface area contributed by atoms with Crippen LogP contribution < -0.4 is 22.6 Å². The molecule has 1 aliphatic rings. The Hall–Kier alpha value is -2.03. The van der Waals surface area contributed by atoms with Gasteiger partial charge in [0.1, 0.15) is 44.4 Å². The Morgan fingerprint density at radius 1 is 1.50 bits per heavy atom.